The summed E-state index contributed by atoms with van der Waals surface area (Å²) in [4.78, 5) is 0. The molecule has 0 N–H and O–H groups in total. The number of hydrogen-bond acceptors (Lipinski definition) is 4. The summed E-state index contributed by atoms with van der Waals surface area (Å²) in [5.74, 6) is 3.35. The van der Waals surface area contributed by atoms with Crippen LogP contribution >= 0.6 is 0 Å². The molecule has 0 aromatic heterocycles. The SMILES string of the molecule is CCCc1cc(-c2ccc(OC)cc2)c(-c2ccc(OC)cc2)c2c1OCO2. The van der Waals surface area contributed by atoms with Gasteiger partial charge in [0, 0.05) is 5.56 Å². The lowest BCUT2D eigenvalue weighted by atomic mass is 9.90. The molecule has 4 rings (SSSR count). The van der Waals surface area contributed by atoms with Gasteiger partial charge in [-0.25, -0.2) is 0 Å². The molecule has 0 atom stereocenters. The standard InChI is InChI=1S/C24H24O4/c1-4-5-18-14-21(16-6-10-19(25-2)11-7-16)22(24-23(18)27-15-28-24)17-8-12-20(26-3)13-9-17/h6-14H,4-5,15H2,1-3H3. The van der Waals surface area contributed by atoms with E-state index in [0.29, 0.717) is 0 Å². The highest BCUT2D eigenvalue weighted by Gasteiger charge is 2.26. The summed E-state index contributed by atoms with van der Waals surface area (Å²) in [6.07, 6.45) is 1.98. The van der Waals surface area contributed by atoms with E-state index in [1.54, 1.807) is 14.2 Å². The second-order valence-corrected chi connectivity index (χ2v) is 6.73. The maximum absolute atomic E-state index is 5.96. The third-order valence-electron chi connectivity index (χ3n) is 5.02. The normalized spacial score (nSPS) is 12.1. The number of rotatable bonds is 6. The fraction of sp³-hybridized carbons (Fsp3) is 0.250. The highest BCUT2D eigenvalue weighted by atomic mass is 16.7. The van der Waals surface area contributed by atoms with Gasteiger partial charge in [-0.2, -0.15) is 0 Å². The predicted molar refractivity (Wildman–Crippen MR) is 111 cm³/mol. The minimum atomic E-state index is 0.251. The molecule has 4 nitrogen and oxygen atoms in total. The Morgan fingerprint density at radius 3 is 1.93 bits per heavy atom. The van der Waals surface area contributed by atoms with Crippen LogP contribution in [0.3, 0.4) is 0 Å². The third kappa shape index (κ3) is 3.26. The average molecular weight is 376 g/mol. The second-order valence-electron chi connectivity index (χ2n) is 6.73. The van der Waals surface area contributed by atoms with Crippen LogP contribution in [0.15, 0.2) is 54.6 Å². The van der Waals surface area contributed by atoms with Crippen molar-refractivity contribution < 1.29 is 18.9 Å². The van der Waals surface area contributed by atoms with Crippen LogP contribution in [-0.4, -0.2) is 21.0 Å². The van der Waals surface area contributed by atoms with Crippen molar-refractivity contribution in [1.29, 1.82) is 0 Å². The van der Waals surface area contributed by atoms with E-state index in [1.807, 2.05) is 24.3 Å². The quantitative estimate of drug-likeness (QED) is 0.551. The Labute approximate surface area is 165 Å². The van der Waals surface area contributed by atoms with Crippen LogP contribution in [-0.2, 0) is 6.42 Å². The Hall–Kier alpha value is -3.14. The molecule has 0 radical (unpaired) electrons. The van der Waals surface area contributed by atoms with E-state index in [0.717, 1.165) is 58.1 Å². The van der Waals surface area contributed by atoms with E-state index in [4.69, 9.17) is 18.9 Å². The van der Waals surface area contributed by atoms with Crippen LogP contribution in [0.2, 0.25) is 0 Å². The first-order valence-electron chi connectivity index (χ1n) is 9.49. The highest BCUT2D eigenvalue weighted by molar-refractivity contribution is 5.91. The van der Waals surface area contributed by atoms with Crippen molar-refractivity contribution in [3.05, 3.63) is 60.2 Å². The van der Waals surface area contributed by atoms with Crippen molar-refractivity contribution in [2.45, 2.75) is 19.8 Å². The molecule has 0 saturated heterocycles. The summed E-state index contributed by atoms with van der Waals surface area (Å²) < 4.78 is 22.4. The molecule has 3 aromatic carbocycles. The maximum Gasteiger partial charge on any atom is 0.231 e. The van der Waals surface area contributed by atoms with Gasteiger partial charge in [0.25, 0.3) is 0 Å². The van der Waals surface area contributed by atoms with Gasteiger partial charge in [0.05, 0.1) is 14.2 Å². The van der Waals surface area contributed by atoms with Gasteiger partial charge in [-0.15, -0.1) is 0 Å². The fourth-order valence-corrected chi connectivity index (χ4v) is 3.63. The van der Waals surface area contributed by atoms with E-state index < -0.39 is 0 Å². The molecule has 3 aromatic rings. The Balaban J connectivity index is 1.94. The Kier molecular flexibility index (Phi) is 5.11. The molecule has 28 heavy (non-hydrogen) atoms. The summed E-state index contributed by atoms with van der Waals surface area (Å²) in [7, 11) is 3.35. The van der Waals surface area contributed by atoms with Crippen molar-refractivity contribution in [3.63, 3.8) is 0 Å². The molecule has 0 amide bonds. The van der Waals surface area contributed by atoms with Gasteiger partial charge in [0.1, 0.15) is 11.5 Å². The summed E-state index contributed by atoms with van der Waals surface area (Å²) >= 11 is 0. The minimum Gasteiger partial charge on any atom is -0.497 e. The molecule has 0 spiro atoms. The summed E-state index contributed by atoms with van der Waals surface area (Å²) in [6.45, 7) is 2.42. The van der Waals surface area contributed by atoms with Gasteiger partial charge in [-0.3, -0.25) is 0 Å². The van der Waals surface area contributed by atoms with Crippen molar-refractivity contribution in [2.75, 3.05) is 21.0 Å². The van der Waals surface area contributed by atoms with Crippen LogP contribution in [0.25, 0.3) is 22.3 Å². The van der Waals surface area contributed by atoms with Gasteiger partial charge in [-0.05, 0) is 59.0 Å². The molecular weight excluding hydrogens is 352 g/mol. The number of benzene rings is 3. The van der Waals surface area contributed by atoms with Crippen LogP contribution in [0.5, 0.6) is 23.0 Å². The van der Waals surface area contributed by atoms with E-state index >= 15 is 0 Å². The summed E-state index contributed by atoms with van der Waals surface area (Å²) in [6, 6.07) is 18.4. The molecule has 0 unspecified atom stereocenters. The van der Waals surface area contributed by atoms with Gasteiger partial charge in [0.2, 0.25) is 6.79 Å². The first-order chi connectivity index (χ1) is 13.7. The van der Waals surface area contributed by atoms with Gasteiger partial charge >= 0.3 is 0 Å². The van der Waals surface area contributed by atoms with E-state index in [2.05, 4.69) is 37.3 Å². The monoisotopic (exact) mass is 376 g/mol. The zero-order valence-corrected chi connectivity index (χ0v) is 16.5. The number of hydrogen-bond donors (Lipinski definition) is 0. The first kappa shape index (κ1) is 18.2. The molecule has 144 valence electrons. The van der Waals surface area contributed by atoms with Crippen molar-refractivity contribution in [1.82, 2.24) is 0 Å². The first-order valence-corrected chi connectivity index (χ1v) is 9.49. The van der Waals surface area contributed by atoms with Gasteiger partial charge < -0.3 is 18.9 Å². The lowest BCUT2D eigenvalue weighted by Crippen LogP contribution is -1.94. The predicted octanol–water partition coefficient (Wildman–Crippen LogP) is 5.72. The second kappa shape index (κ2) is 7.85. The fourth-order valence-electron chi connectivity index (χ4n) is 3.63. The highest BCUT2D eigenvalue weighted by Crippen LogP contribution is 2.49. The molecule has 0 bridgehead atoms. The Morgan fingerprint density at radius 2 is 1.36 bits per heavy atom. The van der Waals surface area contributed by atoms with E-state index in [-0.39, 0.29) is 6.79 Å². The third-order valence-corrected chi connectivity index (χ3v) is 5.02. The molecular formula is C24H24O4. The number of ether oxygens (including phenoxy) is 4. The number of fused-ring (bicyclic) bond motifs is 1. The van der Waals surface area contributed by atoms with Crippen LogP contribution in [0.4, 0.5) is 0 Å². The maximum atomic E-state index is 5.96. The Bertz CT molecular complexity index is 959. The van der Waals surface area contributed by atoms with Gasteiger partial charge in [0.15, 0.2) is 11.5 Å². The van der Waals surface area contributed by atoms with E-state index in [1.165, 1.54) is 5.56 Å². The smallest absolute Gasteiger partial charge is 0.231 e. The molecule has 0 fully saturated rings. The molecule has 1 heterocycles. The van der Waals surface area contributed by atoms with Crippen molar-refractivity contribution in [2.24, 2.45) is 0 Å². The molecule has 1 aliphatic heterocycles. The summed E-state index contributed by atoms with van der Waals surface area (Å²) in [5.41, 5.74) is 5.53. The van der Waals surface area contributed by atoms with Crippen LogP contribution in [0, 0.1) is 0 Å². The lowest BCUT2D eigenvalue weighted by Gasteiger charge is -2.17. The zero-order chi connectivity index (χ0) is 19.5. The zero-order valence-electron chi connectivity index (χ0n) is 16.5. The van der Waals surface area contributed by atoms with Crippen molar-refractivity contribution >= 4 is 0 Å². The van der Waals surface area contributed by atoms with Crippen LogP contribution in [0.1, 0.15) is 18.9 Å². The number of methoxy groups -OCH3 is 2. The lowest BCUT2D eigenvalue weighted by molar-refractivity contribution is 0.173. The van der Waals surface area contributed by atoms with Gasteiger partial charge in [-0.1, -0.05) is 37.6 Å². The minimum absolute atomic E-state index is 0.251. The van der Waals surface area contributed by atoms with Crippen molar-refractivity contribution in [3.8, 4) is 45.3 Å². The topological polar surface area (TPSA) is 36.9 Å². The Morgan fingerprint density at radius 1 is 0.786 bits per heavy atom. The molecule has 4 heteroatoms. The largest absolute Gasteiger partial charge is 0.497 e. The number of aryl methyl sites for hydroxylation is 1. The molecule has 0 aliphatic carbocycles. The van der Waals surface area contributed by atoms with Crippen LogP contribution < -0.4 is 18.9 Å². The molecule has 1 aliphatic rings. The summed E-state index contributed by atoms with van der Waals surface area (Å²) in [5, 5.41) is 0. The average Bonchev–Trinajstić information content (AvgIpc) is 3.24. The molecule has 0 saturated carbocycles. The van der Waals surface area contributed by atoms with E-state index in [9.17, 15) is 0 Å².